The first kappa shape index (κ1) is 9.42. The molecule has 0 radical (unpaired) electrons. The Morgan fingerprint density at radius 2 is 1.88 bits per heavy atom. The average Bonchev–Trinajstić information content (AvgIpc) is 2.55. The van der Waals surface area contributed by atoms with Crippen LogP contribution in [0.5, 0.6) is 0 Å². The third-order valence-electron chi connectivity index (χ3n) is 4.06. The summed E-state index contributed by atoms with van der Waals surface area (Å²) in [5, 5.41) is 12.0. The smallest absolute Gasteiger partial charge is 0.0866 e. The van der Waals surface area contributed by atoms with Gasteiger partial charge in [-0.1, -0.05) is 43.3 Å². The van der Waals surface area contributed by atoms with E-state index in [-0.39, 0.29) is 11.3 Å². The van der Waals surface area contributed by atoms with Crippen LogP contribution < -0.4 is 0 Å². The molecule has 0 fully saturated rings. The topological polar surface area (TPSA) is 23.8 Å². The van der Waals surface area contributed by atoms with Gasteiger partial charge in [-0.25, -0.2) is 0 Å². The van der Waals surface area contributed by atoms with Crippen LogP contribution in [-0.4, -0.2) is 0 Å². The molecule has 1 aliphatic rings. The monoisotopic (exact) mass is 207 g/mol. The van der Waals surface area contributed by atoms with E-state index in [1.54, 1.807) is 0 Å². The highest BCUT2D eigenvalue weighted by molar-refractivity contribution is 5.93. The van der Waals surface area contributed by atoms with Gasteiger partial charge in [-0.2, -0.15) is 5.26 Å². The minimum absolute atomic E-state index is 0.276. The Hall–Kier alpha value is -1.81. The van der Waals surface area contributed by atoms with E-state index in [0.717, 1.165) is 0 Å². The first-order valence-corrected chi connectivity index (χ1v) is 5.62. The molecule has 0 saturated carbocycles. The molecule has 0 heterocycles. The summed E-state index contributed by atoms with van der Waals surface area (Å²) in [6, 6.07) is 15.1. The Labute approximate surface area is 95.3 Å². The summed E-state index contributed by atoms with van der Waals surface area (Å²) in [6.07, 6.45) is 0. The molecule has 2 aromatic rings. The molecule has 78 valence electrons. The van der Waals surface area contributed by atoms with Gasteiger partial charge in [-0.3, -0.25) is 0 Å². The lowest BCUT2D eigenvalue weighted by Gasteiger charge is -2.22. The minimum Gasteiger partial charge on any atom is -0.197 e. The molecule has 0 bridgehead atoms. The number of nitriles is 1. The van der Waals surface area contributed by atoms with E-state index in [9.17, 15) is 5.26 Å². The predicted molar refractivity (Wildman–Crippen MR) is 65.3 cm³/mol. The minimum atomic E-state index is -0.372. The average molecular weight is 207 g/mol. The number of benzene rings is 2. The second-order valence-electron chi connectivity index (χ2n) is 4.79. The lowest BCUT2D eigenvalue weighted by molar-refractivity contribution is 0.530. The summed E-state index contributed by atoms with van der Waals surface area (Å²) >= 11 is 0. The molecule has 0 unspecified atom stereocenters. The molecule has 2 aromatic carbocycles. The highest BCUT2D eigenvalue weighted by Gasteiger charge is 2.41. The van der Waals surface area contributed by atoms with Crippen molar-refractivity contribution in [3.05, 3.63) is 47.5 Å². The molecule has 1 heteroatoms. The van der Waals surface area contributed by atoms with Crippen molar-refractivity contribution >= 4 is 10.8 Å². The molecule has 16 heavy (non-hydrogen) atoms. The van der Waals surface area contributed by atoms with Gasteiger partial charge in [0.05, 0.1) is 11.5 Å². The second kappa shape index (κ2) is 2.86. The molecule has 0 amide bonds. The summed E-state index contributed by atoms with van der Waals surface area (Å²) in [6.45, 7) is 4.20. The Bertz CT molecular complexity index is 616. The number of hydrogen-bond acceptors (Lipinski definition) is 1. The van der Waals surface area contributed by atoms with Crippen molar-refractivity contribution in [1.82, 2.24) is 0 Å². The molecule has 3 rings (SSSR count). The first-order valence-electron chi connectivity index (χ1n) is 5.62. The molecule has 1 nitrogen and oxygen atoms in total. The lowest BCUT2D eigenvalue weighted by Crippen LogP contribution is -2.21. The Kier molecular flexibility index (Phi) is 1.68. The van der Waals surface area contributed by atoms with Gasteiger partial charge in [0.1, 0.15) is 0 Å². The number of rotatable bonds is 0. The summed E-state index contributed by atoms with van der Waals surface area (Å²) < 4.78 is 0. The van der Waals surface area contributed by atoms with Gasteiger partial charge in [0.15, 0.2) is 0 Å². The summed E-state index contributed by atoms with van der Waals surface area (Å²) in [5.41, 5.74) is 2.14. The van der Waals surface area contributed by atoms with E-state index in [0.29, 0.717) is 0 Å². The highest BCUT2D eigenvalue weighted by Crippen LogP contribution is 2.49. The maximum Gasteiger partial charge on any atom is 0.0866 e. The summed E-state index contributed by atoms with van der Waals surface area (Å²) in [4.78, 5) is 0. The molecule has 2 atom stereocenters. The fraction of sp³-hybridized carbons (Fsp3) is 0.267. The van der Waals surface area contributed by atoms with Crippen molar-refractivity contribution in [3.63, 3.8) is 0 Å². The van der Waals surface area contributed by atoms with Gasteiger partial charge < -0.3 is 0 Å². The van der Waals surface area contributed by atoms with Crippen LogP contribution in [0.3, 0.4) is 0 Å². The molecule has 0 saturated heterocycles. The zero-order valence-electron chi connectivity index (χ0n) is 9.49. The fourth-order valence-electron chi connectivity index (χ4n) is 2.86. The maximum absolute atomic E-state index is 9.47. The van der Waals surface area contributed by atoms with Crippen molar-refractivity contribution in [1.29, 1.82) is 5.26 Å². The second-order valence-corrected chi connectivity index (χ2v) is 4.79. The van der Waals surface area contributed by atoms with Crippen molar-refractivity contribution in [3.8, 4) is 6.07 Å². The standard InChI is InChI=1S/C15H13N/c1-10-12-7-3-5-11-6-4-8-13(14(11)12)15(10,2)9-16/h3-8,10H,1-2H3/t10-,15-/m1/s1. The van der Waals surface area contributed by atoms with E-state index < -0.39 is 0 Å². The molecule has 0 aliphatic heterocycles. The van der Waals surface area contributed by atoms with Gasteiger partial charge in [0, 0.05) is 5.92 Å². The van der Waals surface area contributed by atoms with Crippen LogP contribution in [0, 0.1) is 11.3 Å². The van der Waals surface area contributed by atoms with Crippen molar-refractivity contribution in [2.45, 2.75) is 25.2 Å². The molecule has 0 spiro atoms. The van der Waals surface area contributed by atoms with E-state index in [4.69, 9.17) is 0 Å². The Morgan fingerprint density at radius 1 is 1.19 bits per heavy atom. The zero-order valence-corrected chi connectivity index (χ0v) is 9.49. The third kappa shape index (κ3) is 0.900. The molecular weight excluding hydrogens is 194 g/mol. The first-order chi connectivity index (χ1) is 7.68. The van der Waals surface area contributed by atoms with Crippen LogP contribution in [-0.2, 0) is 5.41 Å². The maximum atomic E-state index is 9.47. The number of hydrogen-bond donors (Lipinski definition) is 0. The lowest BCUT2D eigenvalue weighted by atomic mass is 9.77. The van der Waals surface area contributed by atoms with Gasteiger partial charge in [-0.05, 0) is 28.8 Å². The SMILES string of the molecule is C[C@@H]1c2cccc3cccc(c23)[C@]1(C)C#N. The van der Waals surface area contributed by atoms with Crippen LogP contribution >= 0.6 is 0 Å². The van der Waals surface area contributed by atoms with Crippen LogP contribution in [0.4, 0.5) is 0 Å². The van der Waals surface area contributed by atoms with E-state index in [1.165, 1.54) is 21.9 Å². The highest BCUT2D eigenvalue weighted by atomic mass is 14.5. The molecule has 0 N–H and O–H groups in total. The quantitative estimate of drug-likeness (QED) is 0.645. The van der Waals surface area contributed by atoms with Crippen LogP contribution in [0.15, 0.2) is 36.4 Å². The summed E-state index contributed by atoms with van der Waals surface area (Å²) in [5.74, 6) is 0.276. The fourth-order valence-corrected chi connectivity index (χ4v) is 2.86. The zero-order chi connectivity index (χ0) is 11.3. The van der Waals surface area contributed by atoms with Crippen molar-refractivity contribution in [2.75, 3.05) is 0 Å². The molecule has 0 aromatic heterocycles. The third-order valence-corrected chi connectivity index (χ3v) is 4.06. The molecular formula is C15H13N. The van der Waals surface area contributed by atoms with E-state index in [1.807, 2.05) is 6.92 Å². The Balaban J connectivity index is 2.51. The van der Waals surface area contributed by atoms with Gasteiger partial charge in [-0.15, -0.1) is 0 Å². The van der Waals surface area contributed by atoms with Gasteiger partial charge >= 0.3 is 0 Å². The van der Waals surface area contributed by atoms with Crippen molar-refractivity contribution < 1.29 is 0 Å². The van der Waals surface area contributed by atoms with E-state index >= 15 is 0 Å². The van der Waals surface area contributed by atoms with Crippen LogP contribution in [0.1, 0.15) is 30.9 Å². The summed E-state index contributed by atoms with van der Waals surface area (Å²) in [7, 11) is 0. The van der Waals surface area contributed by atoms with Gasteiger partial charge in [0.25, 0.3) is 0 Å². The largest absolute Gasteiger partial charge is 0.197 e. The number of nitrogens with zero attached hydrogens (tertiary/aromatic N) is 1. The normalized spacial score (nSPS) is 26.9. The van der Waals surface area contributed by atoms with E-state index in [2.05, 4.69) is 49.4 Å². The van der Waals surface area contributed by atoms with Crippen molar-refractivity contribution in [2.24, 2.45) is 0 Å². The van der Waals surface area contributed by atoms with Gasteiger partial charge in [0.2, 0.25) is 0 Å². The van der Waals surface area contributed by atoms with Crippen LogP contribution in [0.25, 0.3) is 10.8 Å². The van der Waals surface area contributed by atoms with Crippen LogP contribution in [0.2, 0.25) is 0 Å². The predicted octanol–water partition coefficient (Wildman–Crippen LogP) is 3.74. The Morgan fingerprint density at radius 3 is 2.56 bits per heavy atom. The molecule has 1 aliphatic carbocycles.